The Morgan fingerprint density at radius 1 is 1.18 bits per heavy atom. The van der Waals surface area contributed by atoms with Crippen LogP contribution in [0.4, 0.5) is 11.4 Å². The maximum atomic E-state index is 12.2. The predicted molar refractivity (Wildman–Crippen MR) is 133 cm³/mol. The van der Waals surface area contributed by atoms with Crippen LogP contribution < -0.4 is 14.4 Å². The van der Waals surface area contributed by atoms with E-state index in [2.05, 4.69) is 26.1 Å². The molecule has 0 aliphatic heterocycles. The molecule has 0 bridgehead atoms. The second kappa shape index (κ2) is 11.5. The first kappa shape index (κ1) is 27.4. The van der Waals surface area contributed by atoms with E-state index in [9.17, 15) is 23.3 Å². The summed E-state index contributed by atoms with van der Waals surface area (Å²) >= 11 is 6.09. The number of sulfonamides is 1. The van der Waals surface area contributed by atoms with Gasteiger partial charge in [-0.05, 0) is 35.6 Å². The lowest BCUT2D eigenvalue weighted by molar-refractivity contribution is -0.384. The van der Waals surface area contributed by atoms with Gasteiger partial charge >= 0.3 is 0 Å². The summed E-state index contributed by atoms with van der Waals surface area (Å²) in [5, 5.41) is 13.8. The van der Waals surface area contributed by atoms with E-state index in [0.29, 0.717) is 18.9 Å². The quantitative estimate of drug-likeness (QED) is 0.273. The van der Waals surface area contributed by atoms with Crippen LogP contribution in [0, 0.1) is 10.1 Å². The van der Waals surface area contributed by atoms with Gasteiger partial charge in [0.1, 0.15) is 12.4 Å². The Morgan fingerprint density at radius 2 is 1.82 bits per heavy atom. The zero-order chi connectivity index (χ0) is 25.5. The molecule has 0 unspecified atom stereocenters. The highest BCUT2D eigenvalue weighted by atomic mass is 35.5. The van der Waals surface area contributed by atoms with Crippen molar-refractivity contribution in [1.82, 2.24) is 5.32 Å². The minimum atomic E-state index is -3.77. The van der Waals surface area contributed by atoms with E-state index in [1.807, 2.05) is 24.3 Å². The number of nitro groups is 1. The molecule has 0 aromatic heterocycles. The SMILES string of the molecule is CC(C)(C)c1ccc(OCCNC(=O)CCCN(c2cc([N+](=O)[O-])ccc2Cl)S(C)(=O)=O)cc1. The maximum absolute atomic E-state index is 12.2. The third kappa shape index (κ3) is 8.18. The van der Waals surface area contributed by atoms with Crippen LogP contribution in [0.1, 0.15) is 39.2 Å². The second-order valence-corrected chi connectivity index (χ2v) is 11.1. The minimum Gasteiger partial charge on any atom is -0.492 e. The molecular formula is C23H30ClN3O6S. The first-order chi connectivity index (χ1) is 15.8. The molecule has 0 spiro atoms. The summed E-state index contributed by atoms with van der Waals surface area (Å²) in [5.41, 5.74) is 0.978. The lowest BCUT2D eigenvalue weighted by Gasteiger charge is -2.23. The Kier molecular flexibility index (Phi) is 9.29. The van der Waals surface area contributed by atoms with E-state index in [4.69, 9.17) is 16.3 Å². The predicted octanol–water partition coefficient (Wildman–Crippen LogP) is 4.29. The van der Waals surface area contributed by atoms with Crippen molar-refractivity contribution < 1.29 is 22.9 Å². The molecule has 0 radical (unpaired) electrons. The minimum absolute atomic E-state index is 0.00431. The van der Waals surface area contributed by atoms with Crippen LogP contribution in [0.2, 0.25) is 5.02 Å². The fraction of sp³-hybridized carbons (Fsp3) is 0.435. The first-order valence-electron chi connectivity index (χ1n) is 10.7. The average Bonchev–Trinajstić information content (AvgIpc) is 2.73. The molecule has 2 aromatic rings. The van der Waals surface area contributed by atoms with Gasteiger partial charge in [-0.15, -0.1) is 0 Å². The van der Waals surface area contributed by atoms with E-state index in [1.54, 1.807) is 0 Å². The van der Waals surface area contributed by atoms with Crippen molar-refractivity contribution in [1.29, 1.82) is 0 Å². The van der Waals surface area contributed by atoms with Gasteiger partial charge in [-0.1, -0.05) is 44.5 Å². The van der Waals surface area contributed by atoms with Gasteiger partial charge < -0.3 is 10.1 Å². The Morgan fingerprint density at radius 3 is 2.38 bits per heavy atom. The molecule has 9 nitrogen and oxygen atoms in total. The topological polar surface area (TPSA) is 119 Å². The number of anilines is 1. The van der Waals surface area contributed by atoms with Gasteiger partial charge in [0, 0.05) is 25.1 Å². The number of nitrogens with one attached hydrogen (secondary N) is 1. The summed E-state index contributed by atoms with van der Waals surface area (Å²) < 4.78 is 31.1. The van der Waals surface area contributed by atoms with Crippen LogP contribution in [0.5, 0.6) is 5.75 Å². The van der Waals surface area contributed by atoms with Crippen LogP contribution in [0.3, 0.4) is 0 Å². The molecule has 2 aromatic carbocycles. The van der Waals surface area contributed by atoms with Gasteiger partial charge in [-0.3, -0.25) is 19.2 Å². The Labute approximate surface area is 205 Å². The third-order valence-electron chi connectivity index (χ3n) is 4.99. The standard InChI is InChI=1S/C23H30ClN3O6S/c1-23(2,3)17-7-10-19(11-8-17)33-15-13-25-22(28)6-5-14-26(34(4,31)32)21-16-18(27(29)30)9-12-20(21)24/h7-12,16H,5-6,13-15H2,1-4H3,(H,25,28). The molecule has 0 heterocycles. The second-order valence-electron chi connectivity index (χ2n) is 8.80. The molecule has 11 heteroatoms. The van der Waals surface area contributed by atoms with Crippen molar-refractivity contribution in [3.05, 3.63) is 63.2 Å². The number of ether oxygens (including phenoxy) is 1. The zero-order valence-corrected chi connectivity index (χ0v) is 21.3. The number of non-ortho nitro benzene ring substituents is 1. The van der Waals surface area contributed by atoms with Crippen LogP contribution in [-0.4, -0.2) is 45.2 Å². The van der Waals surface area contributed by atoms with Gasteiger partial charge in [0.25, 0.3) is 5.69 Å². The molecule has 0 aliphatic rings. The van der Waals surface area contributed by atoms with Crippen LogP contribution in [0.25, 0.3) is 0 Å². The van der Waals surface area contributed by atoms with E-state index in [0.717, 1.165) is 16.6 Å². The number of amides is 1. The van der Waals surface area contributed by atoms with E-state index in [1.165, 1.54) is 17.7 Å². The molecular weight excluding hydrogens is 482 g/mol. The van der Waals surface area contributed by atoms with Crippen LogP contribution in [-0.2, 0) is 20.2 Å². The summed E-state index contributed by atoms with van der Waals surface area (Å²) in [5.74, 6) is 0.449. The first-order valence-corrected chi connectivity index (χ1v) is 12.9. The number of hydrogen-bond donors (Lipinski definition) is 1. The lowest BCUT2D eigenvalue weighted by atomic mass is 9.87. The Balaban J connectivity index is 1.83. The Hall–Kier alpha value is -2.85. The van der Waals surface area contributed by atoms with E-state index in [-0.39, 0.29) is 47.1 Å². The molecule has 0 saturated heterocycles. The monoisotopic (exact) mass is 511 g/mol. The normalized spacial score (nSPS) is 11.7. The molecule has 186 valence electrons. The van der Waals surface area contributed by atoms with Crippen molar-refractivity contribution in [2.24, 2.45) is 0 Å². The van der Waals surface area contributed by atoms with Gasteiger partial charge in [0.15, 0.2) is 0 Å². The fourth-order valence-electron chi connectivity index (χ4n) is 3.15. The van der Waals surface area contributed by atoms with Crippen molar-refractivity contribution >= 4 is 38.9 Å². The van der Waals surface area contributed by atoms with Crippen molar-refractivity contribution in [3.8, 4) is 5.75 Å². The number of nitro benzene ring substituents is 1. The summed E-state index contributed by atoms with van der Waals surface area (Å²) in [6.45, 7) is 6.93. The number of carbonyl (C=O) groups excluding carboxylic acids is 1. The van der Waals surface area contributed by atoms with Crippen molar-refractivity contribution in [2.75, 3.05) is 30.3 Å². The molecule has 0 aliphatic carbocycles. The number of carbonyl (C=O) groups is 1. The number of halogens is 1. The fourth-order valence-corrected chi connectivity index (χ4v) is 4.39. The molecule has 0 fully saturated rings. The lowest BCUT2D eigenvalue weighted by Crippen LogP contribution is -2.33. The highest BCUT2D eigenvalue weighted by molar-refractivity contribution is 7.92. The van der Waals surface area contributed by atoms with Crippen molar-refractivity contribution in [3.63, 3.8) is 0 Å². The third-order valence-corrected chi connectivity index (χ3v) is 6.49. The maximum Gasteiger partial charge on any atom is 0.271 e. The van der Waals surface area contributed by atoms with Gasteiger partial charge in [-0.2, -0.15) is 0 Å². The summed E-state index contributed by atoms with van der Waals surface area (Å²) in [6.07, 6.45) is 1.25. The molecule has 1 N–H and O–H groups in total. The van der Waals surface area contributed by atoms with Gasteiger partial charge in [-0.25, -0.2) is 8.42 Å². The molecule has 2 rings (SSSR count). The van der Waals surface area contributed by atoms with Crippen LogP contribution >= 0.6 is 11.6 Å². The highest BCUT2D eigenvalue weighted by Gasteiger charge is 2.22. The summed E-state index contributed by atoms with van der Waals surface area (Å²) in [4.78, 5) is 22.5. The smallest absolute Gasteiger partial charge is 0.271 e. The van der Waals surface area contributed by atoms with Crippen LogP contribution in [0.15, 0.2) is 42.5 Å². The summed E-state index contributed by atoms with van der Waals surface area (Å²) in [7, 11) is -3.77. The van der Waals surface area contributed by atoms with Gasteiger partial charge in [0.05, 0.1) is 28.4 Å². The summed E-state index contributed by atoms with van der Waals surface area (Å²) in [6, 6.07) is 11.4. The average molecular weight is 512 g/mol. The number of rotatable bonds is 11. The molecule has 34 heavy (non-hydrogen) atoms. The van der Waals surface area contributed by atoms with E-state index >= 15 is 0 Å². The zero-order valence-electron chi connectivity index (χ0n) is 19.7. The number of nitrogens with zero attached hydrogens (tertiary/aromatic N) is 2. The highest BCUT2D eigenvalue weighted by Crippen LogP contribution is 2.32. The molecule has 0 atom stereocenters. The Bertz CT molecular complexity index is 1110. The van der Waals surface area contributed by atoms with Gasteiger partial charge in [0.2, 0.25) is 15.9 Å². The number of benzene rings is 2. The number of hydrogen-bond acceptors (Lipinski definition) is 6. The van der Waals surface area contributed by atoms with Crippen molar-refractivity contribution in [2.45, 2.75) is 39.0 Å². The largest absolute Gasteiger partial charge is 0.492 e. The van der Waals surface area contributed by atoms with E-state index < -0.39 is 14.9 Å². The molecule has 0 saturated carbocycles. The molecule has 1 amide bonds.